The molecule has 0 aliphatic carbocycles. The third kappa shape index (κ3) is 3.48. The molecule has 104 valence electrons. The van der Waals surface area contributed by atoms with Crippen LogP contribution >= 0.6 is 15.9 Å². The van der Waals surface area contributed by atoms with Gasteiger partial charge in [-0.25, -0.2) is 0 Å². The van der Waals surface area contributed by atoms with Gasteiger partial charge in [-0.2, -0.15) is 0 Å². The summed E-state index contributed by atoms with van der Waals surface area (Å²) in [6.45, 7) is 3.21. The van der Waals surface area contributed by atoms with Crippen LogP contribution in [0.25, 0.3) is 0 Å². The van der Waals surface area contributed by atoms with Crippen LogP contribution in [-0.4, -0.2) is 32.6 Å². The number of carbonyl (C=O) groups excluding carboxylic acids is 1. The topological polar surface area (TPSA) is 58.4 Å². The molecule has 1 aromatic rings. The zero-order valence-corrected chi connectivity index (χ0v) is 12.7. The number of hydrogen-bond acceptors (Lipinski definition) is 3. The predicted octanol–water partition coefficient (Wildman–Crippen LogP) is 1.98. The van der Waals surface area contributed by atoms with Gasteiger partial charge in [-0.15, -0.1) is 0 Å². The van der Waals surface area contributed by atoms with Crippen molar-refractivity contribution in [1.29, 1.82) is 0 Å². The van der Waals surface area contributed by atoms with E-state index in [0.717, 1.165) is 35.7 Å². The van der Waals surface area contributed by atoms with Crippen LogP contribution in [0.2, 0.25) is 0 Å². The number of nitrogens with zero attached hydrogens (tertiary/aromatic N) is 1. The molecule has 0 radical (unpaired) electrons. The Morgan fingerprint density at radius 3 is 2.68 bits per heavy atom. The second-order valence-corrected chi connectivity index (χ2v) is 5.87. The Bertz CT molecular complexity index is 456. The molecule has 0 unspecified atom stereocenters. The lowest BCUT2D eigenvalue weighted by Gasteiger charge is -2.34. The number of anilines is 1. The molecule has 0 aromatic heterocycles. The van der Waals surface area contributed by atoms with E-state index in [1.807, 2.05) is 13.1 Å². The van der Waals surface area contributed by atoms with Gasteiger partial charge in [0.05, 0.1) is 5.69 Å². The number of nitrogens with one attached hydrogen (secondary N) is 1. The van der Waals surface area contributed by atoms with Gasteiger partial charge in [0.15, 0.2) is 0 Å². The van der Waals surface area contributed by atoms with E-state index < -0.39 is 0 Å². The Morgan fingerprint density at radius 1 is 1.47 bits per heavy atom. The lowest BCUT2D eigenvalue weighted by Crippen LogP contribution is -2.36. The Balaban J connectivity index is 2.05. The third-order valence-corrected chi connectivity index (χ3v) is 4.32. The SMILES string of the molecule is CNCC1CCN(c2ccc(C(N)=O)cc2Br)CC1. The highest BCUT2D eigenvalue weighted by molar-refractivity contribution is 9.10. The van der Waals surface area contributed by atoms with E-state index in [-0.39, 0.29) is 5.91 Å². The van der Waals surface area contributed by atoms with Crippen molar-refractivity contribution in [3.05, 3.63) is 28.2 Å². The molecular formula is C14H20BrN3O. The summed E-state index contributed by atoms with van der Waals surface area (Å²) in [5.74, 6) is 0.380. The van der Waals surface area contributed by atoms with Crippen LogP contribution in [-0.2, 0) is 0 Å². The first-order chi connectivity index (χ1) is 9.11. The molecule has 1 heterocycles. The number of primary amides is 1. The van der Waals surface area contributed by atoms with Crippen molar-refractivity contribution in [3.8, 4) is 0 Å². The summed E-state index contributed by atoms with van der Waals surface area (Å²) in [5, 5.41) is 3.24. The second kappa shape index (κ2) is 6.39. The van der Waals surface area contributed by atoms with E-state index in [4.69, 9.17) is 5.73 Å². The maximum absolute atomic E-state index is 11.1. The van der Waals surface area contributed by atoms with Crippen molar-refractivity contribution in [2.75, 3.05) is 31.6 Å². The average molecular weight is 326 g/mol. The number of nitrogens with two attached hydrogens (primary N) is 1. The van der Waals surface area contributed by atoms with Gasteiger partial charge in [0, 0.05) is 23.1 Å². The molecule has 19 heavy (non-hydrogen) atoms. The molecule has 4 nitrogen and oxygen atoms in total. The quantitative estimate of drug-likeness (QED) is 0.890. The Kier molecular flexibility index (Phi) is 4.82. The minimum Gasteiger partial charge on any atom is -0.371 e. The van der Waals surface area contributed by atoms with Gasteiger partial charge in [0.2, 0.25) is 5.91 Å². The maximum Gasteiger partial charge on any atom is 0.248 e. The van der Waals surface area contributed by atoms with Crippen molar-refractivity contribution in [1.82, 2.24) is 5.32 Å². The Morgan fingerprint density at radius 2 is 2.16 bits per heavy atom. The first-order valence-electron chi connectivity index (χ1n) is 6.60. The standard InChI is InChI=1S/C14H20BrN3O/c1-17-9-10-4-6-18(7-5-10)13-3-2-11(14(16)19)8-12(13)15/h2-3,8,10,17H,4-7,9H2,1H3,(H2,16,19). The molecule has 3 N–H and O–H groups in total. The summed E-state index contributed by atoms with van der Waals surface area (Å²) in [4.78, 5) is 13.5. The van der Waals surface area contributed by atoms with Gasteiger partial charge in [-0.1, -0.05) is 0 Å². The number of carbonyl (C=O) groups is 1. The van der Waals surface area contributed by atoms with Crippen LogP contribution in [0.1, 0.15) is 23.2 Å². The van der Waals surface area contributed by atoms with Crippen molar-refractivity contribution >= 4 is 27.5 Å². The van der Waals surface area contributed by atoms with Crippen LogP contribution < -0.4 is 16.0 Å². The highest BCUT2D eigenvalue weighted by Gasteiger charge is 2.20. The summed E-state index contributed by atoms with van der Waals surface area (Å²) in [6, 6.07) is 5.57. The summed E-state index contributed by atoms with van der Waals surface area (Å²) in [7, 11) is 2.01. The van der Waals surface area contributed by atoms with Gasteiger partial charge >= 0.3 is 0 Å². The van der Waals surface area contributed by atoms with Crippen LogP contribution in [0.4, 0.5) is 5.69 Å². The fraction of sp³-hybridized carbons (Fsp3) is 0.500. The number of benzene rings is 1. The van der Waals surface area contributed by atoms with E-state index in [9.17, 15) is 4.79 Å². The summed E-state index contributed by atoms with van der Waals surface area (Å²) < 4.78 is 0.941. The fourth-order valence-electron chi connectivity index (χ4n) is 2.58. The summed E-state index contributed by atoms with van der Waals surface area (Å²) in [5.41, 5.74) is 6.97. The molecule has 0 bridgehead atoms. The highest BCUT2D eigenvalue weighted by Crippen LogP contribution is 2.30. The maximum atomic E-state index is 11.1. The van der Waals surface area contributed by atoms with Crippen molar-refractivity contribution < 1.29 is 4.79 Å². The lowest BCUT2D eigenvalue weighted by atomic mass is 9.96. The molecule has 0 saturated carbocycles. The molecule has 1 saturated heterocycles. The first-order valence-corrected chi connectivity index (χ1v) is 7.40. The first kappa shape index (κ1) is 14.3. The fourth-order valence-corrected chi connectivity index (χ4v) is 3.21. The zero-order chi connectivity index (χ0) is 13.8. The minimum absolute atomic E-state index is 0.389. The van der Waals surface area contributed by atoms with E-state index in [1.54, 1.807) is 12.1 Å². The van der Waals surface area contributed by atoms with Crippen LogP contribution in [0.15, 0.2) is 22.7 Å². The minimum atomic E-state index is -0.389. The molecule has 1 fully saturated rings. The normalized spacial score (nSPS) is 16.6. The molecule has 1 amide bonds. The average Bonchev–Trinajstić information content (AvgIpc) is 2.40. The third-order valence-electron chi connectivity index (χ3n) is 3.68. The monoisotopic (exact) mass is 325 g/mol. The van der Waals surface area contributed by atoms with Crippen molar-refractivity contribution in [2.45, 2.75) is 12.8 Å². The van der Waals surface area contributed by atoms with E-state index in [2.05, 4.69) is 26.1 Å². The number of piperidine rings is 1. The smallest absolute Gasteiger partial charge is 0.248 e. The molecule has 0 spiro atoms. The second-order valence-electron chi connectivity index (χ2n) is 5.02. The van der Waals surface area contributed by atoms with Gasteiger partial charge in [0.1, 0.15) is 0 Å². The van der Waals surface area contributed by atoms with Gasteiger partial charge in [0.25, 0.3) is 0 Å². The summed E-state index contributed by atoms with van der Waals surface area (Å²) >= 11 is 3.54. The van der Waals surface area contributed by atoms with Gasteiger partial charge in [-0.05, 0) is 66.5 Å². The largest absolute Gasteiger partial charge is 0.371 e. The molecule has 5 heteroatoms. The molecule has 0 atom stereocenters. The van der Waals surface area contributed by atoms with Crippen molar-refractivity contribution in [2.24, 2.45) is 11.7 Å². The van der Waals surface area contributed by atoms with E-state index in [0.29, 0.717) is 5.56 Å². The van der Waals surface area contributed by atoms with Crippen LogP contribution in [0.3, 0.4) is 0 Å². The number of rotatable bonds is 4. The van der Waals surface area contributed by atoms with Crippen LogP contribution in [0.5, 0.6) is 0 Å². The van der Waals surface area contributed by atoms with Crippen molar-refractivity contribution in [3.63, 3.8) is 0 Å². The Labute approximate surface area is 122 Å². The Hall–Kier alpha value is -1.07. The van der Waals surface area contributed by atoms with Gasteiger partial charge in [-0.3, -0.25) is 4.79 Å². The van der Waals surface area contributed by atoms with Crippen LogP contribution in [0, 0.1) is 5.92 Å². The molecule has 2 rings (SSSR count). The lowest BCUT2D eigenvalue weighted by molar-refractivity contribution is 0.100. The zero-order valence-electron chi connectivity index (χ0n) is 11.2. The predicted molar refractivity (Wildman–Crippen MR) is 81.5 cm³/mol. The number of amides is 1. The summed E-state index contributed by atoms with van der Waals surface area (Å²) in [6.07, 6.45) is 2.40. The molecule has 1 aliphatic rings. The molecule has 1 aromatic carbocycles. The molecule has 1 aliphatic heterocycles. The van der Waals surface area contributed by atoms with E-state index >= 15 is 0 Å². The number of hydrogen-bond donors (Lipinski definition) is 2. The highest BCUT2D eigenvalue weighted by atomic mass is 79.9. The van der Waals surface area contributed by atoms with Gasteiger partial charge < -0.3 is 16.0 Å². The van der Waals surface area contributed by atoms with E-state index in [1.165, 1.54) is 12.8 Å². The number of halogens is 1. The molecular weight excluding hydrogens is 306 g/mol.